The van der Waals surface area contributed by atoms with Crippen molar-refractivity contribution in [2.75, 3.05) is 0 Å². The fraction of sp³-hybridized carbons (Fsp3) is 0.125. The minimum absolute atomic E-state index is 0.232. The number of carbonyl (C=O) groups is 1. The van der Waals surface area contributed by atoms with E-state index in [2.05, 4.69) is 0 Å². The van der Waals surface area contributed by atoms with Gasteiger partial charge in [-0.1, -0.05) is 36.4 Å². The summed E-state index contributed by atoms with van der Waals surface area (Å²) < 4.78 is 5.25. The van der Waals surface area contributed by atoms with Crippen molar-refractivity contribution in [2.24, 2.45) is 0 Å². The molecule has 3 heteroatoms. The first kappa shape index (κ1) is 12.8. The number of hydrogen-bond donors (Lipinski definition) is 0. The van der Waals surface area contributed by atoms with Crippen LogP contribution in [0.15, 0.2) is 48.5 Å². The standard InChI is InChI=1S/C16H13NO2/c1-12-7-8-14(10-17)9-15(12)16(18)19-11-13-5-3-2-4-6-13/h2-9H,11H2,1H3. The molecule has 0 aliphatic heterocycles. The van der Waals surface area contributed by atoms with E-state index in [-0.39, 0.29) is 6.61 Å². The van der Waals surface area contributed by atoms with Crippen molar-refractivity contribution in [2.45, 2.75) is 13.5 Å². The van der Waals surface area contributed by atoms with Crippen LogP contribution in [0.3, 0.4) is 0 Å². The summed E-state index contributed by atoms with van der Waals surface area (Å²) in [6.07, 6.45) is 0. The second-order valence-corrected chi connectivity index (χ2v) is 4.20. The Bertz CT molecular complexity index is 627. The molecule has 0 bridgehead atoms. The summed E-state index contributed by atoms with van der Waals surface area (Å²) in [5.74, 6) is -0.404. The fourth-order valence-electron chi connectivity index (χ4n) is 1.71. The number of benzene rings is 2. The Hall–Kier alpha value is -2.60. The number of rotatable bonds is 3. The summed E-state index contributed by atoms with van der Waals surface area (Å²) in [4.78, 5) is 12.0. The zero-order valence-electron chi connectivity index (χ0n) is 10.6. The highest BCUT2D eigenvalue weighted by Crippen LogP contribution is 2.13. The first-order chi connectivity index (χ1) is 9.20. The average Bonchev–Trinajstić information content (AvgIpc) is 2.46. The van der Waals surface area contributed by atoms with Gasteiger partial charge in [-0.05, 0) is 30.2 Å². The molecule has 0 unspecified atom stereocenters. The minimum Gasteiger partial charge on any atom is -0.457 e. The van der Waals surface area contributed by atoms with Gasteiger partial charge in [0.1, 0.15) is 6.61 Å². The van der Waals surface area contributed by atoms with Gasteiger partial charge in [0.05, 0.1) is 17.2 Å². The Morgan fingerprint density at radius 1 is 1.21 bits per heavy atom. The van der Waals surface area contributed by atoms with Gasteiger partial charge in [0.2, 0.25) is 0 Å². The molecule has 0 heterocycles. The quantitative estimate of drug-likeness (QED) is 0.787. The molecule has 94 valence electrons. The van der Waals surface area contributed by atoms with Crippen LogP contribution in [0.4, 0.5) is 0 Å². The number of aryl methyl sites for hydroxylation is 1. The third-order valence-corrected chi connectivity index (χ3v) is 2.80. The lowest BCUT2D eigenvalue weighted by atomic mass is 10.1. The lowest BCUT2D eigenvalue weighted by Gasteiger charge is -2.07. The van der Waals surface area contributed by atoms with Gasteiger partial charge >= 0.3 is 5.97 Å². The van der Waals surface area contributed by atoms with Crippen molar-refractivity contribution in [3.8, 4) is 6.07 Å². The summed E-state index contributed by atoms with van der Waals surface area (Å²) in [6, 6.07) is 16.5. The second-order valence-electron chi connectivity index (χ2n) is 4.20. The summed E-state index contributed by atoms with van der Waals surface area (Å²) in [6.45, 7) is 2.05. The van der Waals surface area contributed by atoms with Crippen LogP contribution in [-0.2, 0) is 11.3 Å². The van der Waals surface area contributed by atoms with Crippen molar-refractivity contribution < 1.29 is 9.53 Å². The highest BCUT2D eigenvalue weighted by molar-refractivity contribution is 5.91. The highest BCUT2D eigenvalue weighted by Gasteiger charge is 2.11. The van der Waals surface area contributed by atoms with E-state index in [1.54, 1.807) is 18.2 Å². The van der Waals surface area contributed by atoms with Crippen LogP contribution in [0.1, 0.15) is 27.0 Å². The Balaban J connectivity index is 2.10. The second kappa shape index (κ2) is 5.83. The Morgan fingerprint density at radius 2 is 1.95 bits per heavy atom. The van der Waals surface area contributed by atoms with Crippen molar-refractivity contribution in [3.05, 3.63) is 70.8 Å². The van der Waals surface area contributed by atoms with Crippen LogP contribution in [0.5, 0.6) is 0 Å². The molecule has 2 aromatic carbocycles. The minimum atomic E-state index is -0.404. The van der Waals surface area contributed by atoms with Crippen LogP contribution in [0.25, 0.3) is 0 Å². The van der Waals surface area contributed by atoms with Gasteiger partial charge in [-0.2, -0.15) is 5.26 Å². The largest absolute Gasteiger partial charge is 0.457 e. The van der Waals surface area contributed by atoms with E-state index in [1.165, 1.54) is 0 Å². The maximum Gasteiger partial charge on any atom is 0.338 e. The van der Waals surface area contributed by atoms with Crippen LogP contribution in [-0.4, -0.2) is 5.97 Å². The number of nitriles is 1. The number of esters is 1. The van der Waals surface area contributed by atoms with Crippen LogP contribution >= 0.6 is 0 Å². The van der Waals surface area contributed by atoms with Crippen LogP contribution in [0, 0.1) is 18.3 Å². The van der Waals surface area contributed by atoms with Gasteiger partial charge in [0.25, 0.3) is 0 Å². The molecule has 0 aliphatic rings. The monoisotopic (exact) mass is 251 g/mol. The van der Waals surface area contributed by atoms with Gasteiger partial charge < -0.3 is 4.74 Å². The van der Waals surface area contributed by atoms with Gasteiger partial charge in [-0.25, -0.2) is 4.79 Å². The van der Waals surface area contributed by atoms with Crippen molar-refractivity contribution in [3.63, 3.8) is 0 Å². The van der Waals surface area contributed by atoms with E-state index in [0.29, 0.717) is 11.1 Å². The van der Waals surface area contributed by atoms with Crippen molar-refractivity contribution in [1.29, 1.82) is 5.26 Å². The fourth-order valence-corrected chi connectivity index (χ4v) is 1.71. The molecule has 0 fully saturated rings. The topological polar surface area (TPSA) is 50.1 Å². The first-order valence-electron chi connectivity index (χ1n) is 5.92. The maximum absolute atomic E-state index is 12.0. The van der Waals surface area contributed by atoms with E-state index in [0.717, 1.165) is 11.1 Å². The lowest BCUT2D eigenvalue weighted by molar-refractivity contribution is 0.0472. The molecule has 0 radical (unpaired) electrons. The molecule has 0 saturated heterocycles. The van der Waals surface area contributed by atoms with E-state index >= 15 is 0 Å². The number of nitrogens with zero attached hydrogens (tertiary/aromatic N) is 1. The molecule has 2 aromatic rings. The summed E-state index contributed by atoms with van der Waals surface area (Å²) >= 11 is 0. The predicted octanol–water partition coefficient (Wildman–Crippen LogP) is 3.22. The predicted molar refractivity (Wildman–Crippen MR) is 71.5 cm³/mol. The first-order valence-corrected chi connectivity index (χ1v) is 5.92. The normalized spacial score (nSPS) is 9.68. The maximum atomic E-state index is 12.0. The third kappa shape index (κ3) is 3.20. The Morgan fingerprint density at radius 3 is 2.63 bits per heavy atom. The van der Waals surface area contributed by atoms with E-state index < -0.39 is 5.97 Å². The average molecular weight is 251 g/mol. The van der Waals surface area contributed by atoms with Crippen molar-refractivity contribution in [1.82, 2.24) is 0 Å². The zero-order valence-corrected chi connectivity index (χ0v) is 10.6. The van der Waals surface area contributed by atoms with E-state index in [4.69, 9.17) is 10.00 Å². The number of hydrogen-bond acceptors (Lipinski definition) is 3. The zero-order chi connectivity index (χ0) is 13.7. The molecule has 0 aliphatic carbocycles. The molecule has 0 atom stereocenters. The number of ether oxygens (including phenoxy) is 1. The Kier molecular flexibility index (Phi) is 3.94. The molecule has 0 saturated carbocycles. The van der Waals surface area contributed by atoms with E-state index in [9.17, 15) is 4.79 Å². The molecular weight excluding hydrogens is 238 g/mol. The highest BCUT2D eigenvalue weighted by atomic mass is 16.5. The molecule has 0 N–H and O–H groups in total. The van der Waals surface area contributed by atoms with Gasteiger partial charge in [0.15, 0.2) is 0 Å². The van der Waals surface area contributed by atoms with E-state index in [1.807, 2.05) is 43.3 Å². The van der Waals surface area contributed by atoms with Crippen molar-refractivity contribution >= 4 is 5.97 Å². The van der Waals surface area contributed by atoms with Gasteiger partial charge in [0, 0.05) is 0 Å². The molecule has 3 nitrogen and oxygen atoms in total. The third-order valence-electron chi connectivity index (χ3n) is 2.80. The SMILES string of the molecule is Cc1ccc(C#N)cc1C(=O)OCc1ccccc1. The smallest absolute Gasteiger partial charge is 0.338 e. The molecule has 19 heavy (non-hydrogen) atoms. The molecule has 0 amide bonds. The summed E-state index contributed by atoms with van der Waals surface area (Å²) in [5, 5.41) is 8.84. The molecule has 0 aromatic heterocycles. The van der Waals surface area contributed by atoms with Gasteiger partial charge in [-0.15, -0.1) is 0 Å². The van der Waals surface area contributed by atoms with Gasteiger partial charge in [-0.3, -0.25) is 0 Å². The summed E-state index contributed by atoms with van der Waals surface area (Å²) in [5.41, 5.74) is 2.63. The molecular formula is C16H13NO2. The lowest BCUT2D eigenvalue weighted by Crippen LogP contribution is -2.07. The number of carbonyl (C=O) groups excluding carboxylic acids is 1. The van der Waals surface area contributed by atoms with Crippen LogP contribution in [0.2, 0.25) is 0 Å². The molecule has 2 rings (SSSR count). The van der Waals surface area contributed by atoms with Crippen LogP contribution < -0.4 is 0 Å². The Labute approximate surface area is 112 Å². The molecule has 0 spiro atoms. The summed E-state index contributed by atoms with van der Waals surface area (Å²) in [7, 11) is 0.